The van der Waals surface area contributed by atoms with Gasteiger partial charge >= 0.3 is 0 Å². The van der Waals surface area contributed by atoms with Crippen LogP contribution in [0.4, 0.5) is 11.4 Å². The molecule has 116 valence electrons. The van der Waals surface area contributed by atoms with E-state index < -0.39 is 0 Å². The Bertz CT molecular complexity index is 482. The highest BCUT2D eigenvalue weighted by Gasteiger charge is 2.24. The summed E-state index contributed by atoms with van der Waals surface area (Å²) in [4.78, 5) is 14.0. The highest BCUT2D eigenvalue weighted by Crippen LogP contribution is 2.30. The van der Waals surface area contributed by atoms with Crippen LogP contribution < -0.4 is 20.7 Å². The normalized spacial score (nSPS) is 15.8. The van der Waals surface area contributed by atoms with Crippen LogP contribution in [0.3, 0.4) is 0 Å². The Hall–Kier alpha value is -1.91. The molecular formula is C16H25N3O2. The lowest BCUT2D eigenvalue weighted by molar-refractivity contribution is -0.125. The number of nitrogens with one attached hydrogen (secondary N) is 1. The Morgan fingerprint density at radius 3 is 2.76 bits per heavy atom. The summed E-state index contributed by atoms with van der Waals surface area (Å²) < 4.78 is 5.68. The number of benzene rings is 1. The van der Waals surface area contributed by atoms with E-state index in [-0.39, 0.29) is 11.8 Å². The smallest absolute Gasteiger partial charge is 0.222 e. The summed E-state index contributed by atoms with van der Waals surface area (Å²) in [6.07, 6.45) is 2.73. The van der Waals surface area contributed by atoms with Gasteiger partial charge in [0.25, 0.3) is 0 Å². The number of ether oxygens (including phenoxy) is 1. The van der Waals surface area contributed by atoms with E-state index in [2.05, 4.69) is 17.1 Å². The molecule has 5 nitrogen and oxygen atoms in total. The van der Waals surface area contributed by atoms with E-state index in [0.29, 0.717) is 12.3 Å². The van der Waals surface area contributed by atoms with Crippen molar-refractivity contribution in [2.24, 2.45) is 5.92 Å². The molecule has 1 fully saturated rings. The van der Waals surface area contributed by atoms with Gasteiger partial charge in [-0.25, -0.2) is 0 Å². The summed E-state index contributed by atoms with van der Waals surface area (Å²) in [6.45, 7) is 4.51. The third-order valence-electron chi connectivity index (χ3n) is 3.94. The summed E-state index contributed by atoms with van der Waals surface area (Å²) in [5.41, 5.74) is 7.73. The minimum Gasteiger partial charge on any atom is -0.491 e. The predicted octanol–water partition coefficient (Wildman–Crippen LogP) is 2.02. The van der Waals surface area contributed by atoms with Gasteiger partial charge in [-0.15, -0.1) is 0 Å². The summed E-state index contributed by atoms with van der Waals surface area (Å²) in [5, 5.41) is 2.74. The molecule has 0 radical (unpaired) electrons. The monoisotopic (exact) mass is 291 g/mol. The molecule has 1 aliphatic rings. The third kappa shape index (κ3) is 3.80. The second-order valence-corrected chi connectivity index (χ2v) is 5.45. The molecule has 0 saturated carbocycles. The zero-order chi connectivity index (χ0) is 15.2. The van der Waals surface area contributed by atoms with E-state index in [4.69, 9.17) is 10.5 Å². The summed E-state index contributed by atoms with van der Waals surface area (Å²) in [7, 11) is 1.70. The quantitative estimate of drug-likeness (QED) is 0.815. The molecule has 0 aromatic heterocycles. The Labute approximate surface area is 126 Å². The Morgan fingerprint density at radius 1 is 1.43 bits per heavy atom. The highest BCUT2D eigenvalue weighted by molar-refractivity contribution is 5.78. The van der Waals surface area contributed by atoms with Crippen molar-refractivity contribution >= 4 is 17.3 Å². The van der Waals surface area contributed by atoms with Crippen molar-refractivity contribution in [2.75, 3.05) is 37.4 Å². The average molecular weight is 291 g/mol. The number of hydrogen-bond acceptors (Lipinski definition) is 4. The minimum atomic E-state index is 0.135. The molecule has 1 aromatic carbocycles. The van der Waals surface area contributed by atoms with Crippen LogP contribution in [-0.4, -0.2) is 32.7 Å². The molecule has 1 aromatic rings. The average Bonchev–Trinajstić information content (AvgIpc) is 2.53. The van der Waals surface area contributed by atoms with Crippen LogP contribution in [0.5, 0.6) is 5.75 Å². The maximum atomic E-state index is 11.7. The number of rotatable bonds is 5. The zero-order valence-electron chi connectivity index (χ0n) is 12.9. The lowest BCUT2D eigenvalue weighted by Gasteiger charge is -2.33. The molecule has 3 N–H and O–H groups in total. The van der Waals surface area contributed by atoms with Crippen molar-refractivity contribution in [3.8, 4) is 5.75 Å². The molecule has 0 bridgehead atoms. The molecule has 21 heavy (non-hydrogen) atoms. The minimum absolute atomic E-state index is 0.135. The molecule has 0 unspecified atom stereocenters. The number of hydrogen-bond donors (Lipinski definition) is 2. The number of nitrogens with zero attached hydrogens (tertiary/aromatic N) is 1. The second kappa shape index (κ2) is 7.20. The Kier molecular flexibility index (Phi) is 5.31. The van der Waals surface area contributed by atoms with Gasteiger partial charge in [0.1, 0.15) is 5.75 Å². The number of anilines is 2. The van der Waals surface area contributed by atoms with Gasteiger partial charge in [0, 0.05) is 37.8 Å². The van der Waals surface area contributed by atoms with Gasteiger partial charge in [0.05, 0.1) is 12.3 Å². The van der Waals surface area contributed by atoms with Crippen LogP contribution in [-0.2, 0) is 4.79 Å². The SMILES string of the molecule is CCCOc1cc(N2CCC(C(=O)NC)CC2)ccc1N. The molecule has 1 amide bonds. The summed E-state index contributed by atoms with van der Waals surface area (Å²) in [5.74, 6) is 1.04. The van der Waals surface area contributed by atoms with Gasteiger partial charge in [-0.2, -0.15) is 0 Å². The van der Waals surface area contributed by atoms with Gasteiger partial charge in [0.2, 0.25) is 5.91 Å². The molecule has 1 saturated heterocycles. The number of nitrogen functional groups attached to an aromatic ring is 1. The second-order valence-electron chi connectivity index (χ2n) is 5.45. The number of carbonyl (C=O) groups is 1. The van der Waals surface area contributed by atoms with Crippen LogP contribution in [0.25, 0.3) is 0 Å². The molecule has 1 aliphatic heterocycles. The Morgan fingerprint density at radius 2 is 2.14 bits per heavy atom. The number of amides is 1. The molecule has 2 rings (SSSR count). The molecule has 1 heterocycles. The van der Waals surface area contributed by atoms with Crippen molar-refractivity contribution in [3.63, 3.8) is 0 Å². The van der Waals surface area contributed by atoms with Crippen molar-refractivity contribution in [1.82, 2.24) is 5.32 Å². The first-order valence-electron chi connectivity index (χ1n) is 7.64. The predicted molar refractivity (Wildman–Crippen MR) is 85.6 cm³/mol. The first kappa shape index (κ1) is 15.5. The summed E-state index contributed by atoms with van der Waals surface area (Å²) >= 11 is 0. The van der Waals surface area contributed by atoms with Crippen molar-refractivity contribution in [3.05, 3.63) is 18.2 Å². The van der Waals surface area contributed by atoms with E-state index in [9.17, 15) is 4.79 Å². The van der Waals surface area contributed by atoms with Crippen molar-refractivity contribution in [2.45, 2.75) is 26.2 Å². The van der Waals surface area contributed by atoms with E-state index in [1.165, 1.54) is 0 Å². The standard InChI is InChI=1S/C16H25N3O2/c1-3-10-21-15-11-13(4-5-14(15)17)19-8-6-12(7-9-19)16(20)18-2/h4-5,11-12H,3,6-10,17H2,1-2H3,(H,18,20). The molecular weight excluding hydrogens is 266 g/mol. The maximum absolute atomic E-state index is 11.7. The van der Waals surface area contributed by atoms with Crippen LogP contribution in [0.2, 0.25) is 0 Å². The first-order chi connectivity index (χ1) is 10.2. The van der Waals surface area contributed by atoms with Crippen molar-refractivity contribution < 1.29 is 9.53 Å². The Balaban J connectivity index is 2.01. The van der Waals surface area contributed by atoms with E-state index in [1.807, 2.05) is 18.2 Å². The summed E-state index contributed by atoms with van der Waals surface area (Å²) in [6, 6.07) is 5.92. The van der Waals surface area contributed by atoms with Gasteiger partial charge in [-0.1, -0.05) is 6.92 Å². The third-order valence-corrected chi connectivity index (χ3v) is 3.94. The van der Waals surface area contributed by atoms with E-state index >= 15 is 0 Å². The number of nitrogens with two attached hydrogens (primary N) is 1. The zero-order valence-corrected chi connectivity index (χ0v) is 12.9. The van der Waals surface area contributed by atoms with Gasteiger partial charge in [0.15, 0.2) is 0 Å². The van der Waals surface area contributed by atoms with Gasteiger partial charge in [-0.3, -0.25) is 4.79 Å². The van der Waals surface area contributed by atoms with Crippen LogP contribution in [0, 0.1) is 5.92 Å². The largest absolute Gasteiger partial charge is 0.491 e. The molecule has 0 spiro atoms. The van der Waals surface area contributed by atoms with Gasteiger partial charge < -0.3 is 20.7 Å². The lowest BCUT2D eigenvalue weighted by atomic mass is 9.95. The fourth-order valence-electron chi connectivity index (χ4n) is 2.66. The van der Waals surface area contributed by atoms with Crippen LogP contribution in [0.15, 0.2) is 18.2 Å². The fourth-order valence-corrected chi connectivity index (χ4v) is 2.66. The van der Waals surface area contributed by atoms with Crippen LogP contribution in [0.1, 0.15) is 26.2 Å². The van der Waals surface area contributed by atoms with Crippen LogP contribution >= 0.6 is 0 Å². The van der Waals surface area contributed by atoms with E-state index in [0.717, 1.165) is 43.8 Å². The highest BCUT2D eigenvalue weighted by atomic mass is 16.5. The number of carbonyl (C=O) groups excluding carboxylic acids is 1. The molecule has 5 heteroatoms. The fraction of sp³-hybridized carbons (Fsp3) is 0.562. The maximum Gasteiger partial charge on any atom is 0.222 e. The number of piperidine rings is 1. The first-order valence-corrected chi connectivity index (χ1v) is 7.64. The van der Waals surface area contributed by atoms with Gasteiger partial charge in [-0.05, 0) is 31.4 Å². The van der Waals surface area contributed by atoms with Crippen molar-refractivity contribution in [1.29, 1.82) is 0 Å². The molecule has 0 atom stereocenters. The van der Waals surface area contributed by atoms with E-state index in [1.54, 1.807) is 7.05 Å². The lowest BCUT2D eigenvalue weighted by Crippen LogP contribution is -2.39. The topological polar surface area (TPSA) is 67.6 Å². The molecule has 0 aliphatic carbocycles.